The highest BCUT2D eigenvalue weighted by atomic mass is 16.5. The maximum Gasteiger partial charge on any atom is 0.252 e. The third-order valence-electron chi connectivity index (χ3n) is 2.90. The standard InChI is InChI=1S/C15H17NO3/c17-9-4-3-6-12-5-1-2-7-14(12)15(18)16-13-8-10-19-11-13/h1-2,5,7,13,17H,4,8-11H2,(H,16,18). The van der Waals surface area contributed by atoms with Crippen molar-refractivity contribution >= 4 is 5.91 Å². The van der Waals surface area contributed by atoms with E-state index in [0.717, 1.165) is 6.42 Å². The first-order valence-corrected chi connectivity index (χ1v) is 6.38. The van der Waals surface area contributed by atoms with Crippen molar-refractivity contribution in [3.63, 3.8) is 0 Å². The molecule has 1 amide bonds. The van der Waals surface area contributed by atoms with Gasteiger partial charge in [-0.2, -0.15) is 0 Å². The zero-order valence-electron chi connectivity index (χ0n) is 10.7. The van der Waals surface area contributed by atoms with E-state index >= 15 is 0 Å². The van der Waals surface area contributed by atoms with Gasteiger partial charge in [-0.25, -0.2) is 0 Å². The van der Waals surface area contributed by atoms with Gasteiger partial charge >= 0.3 is 0 Å². The van der Waals surface area contributed by atoms with Gasteiger partial charge in [0, 0.05) is 18.6 Å². The van der Waals surface area contributed by atoms with Crippen LogP contribution in [0.25, 0.3) is 0 Å². The average molecular weight is 259 g/mol. The molecule has 100 valence electrons. The van der Waals surface area contributed by atoms with E-state index in [0.29, 0.717) is 30.8 Å². The lowest BCUT2D eigenvalue weighted by molar-refractivity contribution is 0.0929. The molecule has 1 aromatic carbocycles. The second-order valence-electron chi connectivity index (χ2n) is 4.35. The van der Waals surface area contributed by atoms with Gasteiger partial charge in [-0.1, -0.05) is 24.0 Å². The zero-order chi connectivity index (χ0) is 13.5. The van der Waals surface area contributed by atoms with Gasteiger partial charge in [0.2, 0.25) is 0 Å². The van der Waals surface area contributed by atoms with Gasteiger partial charge in [-0.3, -0.25) is 4.79 Å². The van der Waals surface area contributed by atoms with E-state index in [4.69, 9.17) is 9.84 Å². The number of carbonyl (C=O) groups excluding carboxylic acids is 1. The van der Waals surface area contributed by atoms with Crippen LogP contribution in [0.2, 0.25) is 0 Å². The molecule has 2 rings (SSSR count). The van der Waals surface area contributed by atoms with Crippen molar-refractivity contribution in [3.8, 4) is 11.8 Å². The van der Waals surface area contributed by atoms with Crippen LogP contribution in [0.1, 0.15) is 28.8 Å². The molecule has 0 saturated carbocycles. The minimum absolute atomic E-state index is 0.0285. The third kappa shape index (κ3) is 3.82. The molecule has 19 heavy (non-hydrogen) atoms. The monoisotopic (exact) mass is 259 g/mol. The number of amides is 1. The highest BCUT2D eigenvalue weighted by Crippen LogP contribution is 2.10. The first-order chi connectivity index (χ1) is 9.31. The highest BCUT2D eigenvalue weighted by molar-refractivity contribution is 5.96. The quantitative estimate of drug-likeness (QED) is 0.794. The first-order valence-electron chi connectivity index (χ1n) is 6.38. The predicted molar refractivity (Wildman–Crippen MR) is 71.7 cm³/mol. The number of nitrogens with one attached hydrogen (secondary N) is 1. The van der Waals surface area contributed by atoms with Crippen molar-refractivity contribution < 1.29 is 14.6 Å². The molecule has 0 bridgehead atoms. The molecule has 1 saturated heterocycles. The van der Waals surface area contributed by atoms with E-state index in [-0.39, 0.29) is 18.6 Å². The van der Waals surface area contributed by atoms with Crippen molar-refractivity contribution in [1.82, 2.24) is 5.32 Å². The van der Waals surface area contributed by atoms with Crippen LogP contribution >= 0.6 is 0 Å². The lowest BCUT2D eigenvalue weighted by Crippen LogP contribution is -2.35. The number of hydrogen-bond acceptors (Lipinski definition) is 3. The molecule has 0 radical (unpaired) electrons. The average Bonchev–Trinajstić information content (AvgIpc) is 2.92. The summed E-state index contributed by atoms with van der Waals surface area (Å²) < 4.78 is 5.23. The summed E-state index contributed by atoms with van der Waals surface area (Å²) in [5.74, 6) is 5.63. The summed E-state index contributed by atoms with van der Waals surface area (Å²) in [5.41, 5.74) is 1.26. The maximum absolute atomic E-state index is 12.2. The number of benzene rings is 1. The van der Waals surface area contributed by atoms with Crippen molar-refractivity contribution in [3.05, 3.63) is 35.4 Å². The summed E-state index contributed by atoms with van der Waals surface area (Å²) in [7, 11) is 0. The Morgan fingerprint density at radius 3 is 3.05 bits per heavy atom. The number of carbonyl (C=O) groups is 1. The minimum atomic E-state index is -0.121. The van der Waals surface area contributed by atoms with Gasteiger partial charge < -0.3 is 15.2 Å². The molecule has 4 nitrogen and oxygen atoms in total. The van der Waals surface area contributed by atoms with Crippen LogP contribution in [0.3, 0.4) is 0 Å². The molecule has 1 aliphatic heterocycles. The lowest BCUT2D eigenvalue weighted by Gasteiger charge is -2.11. The molecular weight excluding hydrogens is 242 g/mol. The topological polar surface area (TPSA) is 58.6 Å². The zero-order valence-corrected chi connectivity index (χ0v) is 10.7. The largest absolute Gasteiger partial charge is 0.395 e. The summed E-state index contributed by atoms with van der Waals surface area (Å²) in [6.45, 7) is 1.30. The number of ether oxygens (including phenoxy) is 1. The molecule has 1 aromatic rings. The normalized spacial score (nSPS) is 17.6. The Kier molecular flexibility index (Phi) is 4.96. The Morgan fingerprint density at radius 2 is 2.32 bits per heavy atom. The first kappa shape index (κ1) is 13.6. The minimum Gasteiger partial charge on any atom is -0.395 e. The Balaban J connectivity index is 2.10. The molecule has 1 aliphatic rings. The Bertz CT molecular complexity index is 496. The Hall–Kier alpha value is -1.83. The molecule has 1 fully saturated rings. The Labute approximate surface area is 112 Å². The van der Waals surface area contributed by atoms with E-state index in [1.165, 1.54) is 0 Å². The van der Waals surface area contributed by atoms with Crippen LogP contribution in [0.4, 0.5) is 0 Å². The van der Waals surface area contributed by atoms with Gasteiger partial charge in [-0.15, -0.1) is 0 Å². The molecule has 4 heteroatoms. The summed E-state index contributed by atoms with van der Waals surface area (Å²) in [6.07, 6.45) is 1.26. The number of aliphatic hydroxyl groups excluding tert-OH is 1. The van der Waals surface area contributed by atoms with E-state index in [2.05, 4.69) is 17.2 Å². The fourth-order valence-corrected chi connectivity index (χ4v) is 1.92. The van der Waals surface area contributed by atoms with Crippen LogP contribution in [-0.4, -0.2) is 36.9 Å². The van der Waals surface area contributed by atoms with E-state index < -0.39 is 0 Å². The van der Waals surface area contributed by atoms with Crippen molar-refractivity contribution in [2.75, 3.05) is 19.8 Å². The van der Waals surface area contributed by atoms with Crippen LogP contribution < -0.4 is 5.32 Å². The molecular formula is C15H17NO3. The highest BCUT2D eigenvalue weighted by Gasteiger charge is 2.19. The van der Waals surface area contributed by atoms with Crippen molar-refractivity contribution in [2.24, 2.45) is 0 Å². The van der Waals surface area contributed by atoms with E-state index in [9.17, 15) is 4.79 Å². The van der Waals surface area contributed by atoms with Gasteiger partial charge in [0.05, 0.1) is 24.8 Å². The SMILES string of the molecule is O=C(NC1CCOC1)c1ccccc1C#CCCO. The van der Waals surface area contributed by atoms with Gasteiger partial charge in [0.25, 0.3) is 5.91 Å². The van der Waals surface area contributed by atoms with E-state index in [1.54, 1.807) is 6.07 Å². The molecule has 0 aliphatic carbocycles. The summed E-state index contributed by atoms with van der Waals surface area (Å²) >= 11 is 0. The fraction of sp³-hybridized carbons (Fsp3) is 0.400. The summed E-state index contributed by atoms with van der Waals surface area (Å²) in [5, 5.41) is 11.7. The smallest absolute Gasteiger partial charge is 0.252 e. The fourth-order valence-electron chi connectivity index (χ4n) is 1.92. The molecule has 1 atom stereocenters. The molecule has 0 spiro atoms. The van der Waals surface area contributed by atoms with Crippen LogP contribution in [0, 0.1) is 11.8 Å². The molecule has 1 heterocycles. The van der Waals surface area contributed by atoms with Crippen molar-refractivity contribution in [1.29, 1.82) is 0 Å². The summed E-state index contributed by atoms with van der Waals surface area (Å²) in [6, 6.07) is 7.32. The molecule has 0 aromatic heterocycles. The van der Waals surface area contributed by atoms with E-state index in [1.807, 2.05) is 18.2 Å². The van der Waals surface area contributed by atoms with Gasteiger partial charge in [-0.05, 0) is 18.6 Å². The predicted octanol–water partition coefficient (Wildman–Crippen LogP) is 0.939. The van der Waals surface area contributed by atoms with Gasteiger partial charge in [0.1, 0.15) is 0 Å². The lowest BCUT2D eigenvalue weighted by atomic mass is 10.1. The Morgan fingerprint density at radius 1 is 1.47 bits per heavy atom. The van der Waals surface area contributed by atoms with Crippen molar-refractivity contribution in [2.45, 2.75) is 18.9 Å². The third-order valence-corrected chi connectivity index (χ3v) is 2.90. The number of aliphatic hydroxyl groups is 1. The molecule has 1 unspecified atom stereocenters. The number of hydrogen-bond donors (Lipinski definition) is 2. The van der Waals surface area contributed by atoms with Crippen LogP contribution in [-0.2, 0) is 4.74 Å². The van der Waals surface area contributed by atoms with Crippen LogP contribution in [0.5, 0.6) is 0 Å². The summed E-state index contributed by atoms with van der Waals surface area (Å²) in [4.78, 5) is 12.2. The van der Waals surface area contributed by atoms with Gasteiger partial charge in [0.15, 0.2) is 0 Å². The maximum atomic E-state index is 12.2. The second kappa shape index (κ2) is 6.93. The molecule has 2 N–H and O–H groups in total. The number of rotatable bonds is 3. The van der Waals surface area contributed by atoms with Crippen LogP contribution in [0.15, 0.2) is 24.3 Å². The second-order valence-corrected chi connectivity index (χ2v) is 4.35.